The number of rotatable bonds is 1. The van der Waals surface area contributed by atoms with Crippen molar-refractivity contribution in [2.24, 2.45) is 0 Å². The van der Waals surface area contributed by atoms with Gasteiger partial charge in [-0.15, -0.1) is 11.8 Å². The molecule has 0 spiro atoms. The Balaban J connectivity index is 2.24. The van der Waals surface area contributed by atoms with E-state index in [0.29, 0.717) is 5.75 Å². The van der Waals surface area contributed by atoms with E-state index in [2.05, 4.69) is 20.9 Å². The first-order valence-corrected chi connectivity index (χ1v) is 6.03. The number of hydrogen-bond donors (Lipinski definition) is 0. The fourth-order valence-corrected chi connectivity index (χ4v) is 3.06. The number of hydrogen-bond acceptors (Lipinski definition) is 4. The van der Waals surface area contributed by atoms with Crippen molar-refractivity contribution in [2.45, 2.75) is 0 Å². The third kappa shape index (κ3) is 1.51. The molecule has 0 atom stereocenters. The van der Waals surface area contributed by atoms with Crippen LogP contribution in [0.3, 0.4) is 0 Å². The quantitative estimate of drug-likeness (QED) is 0.778. The predicted octanol–water partition coefficient (Wildman–Crippen LogP) is 1.94. The molecule has 2 heterocycles. The van der Waals surface area contributed by atoms with E-state index in [4.69, 9.17) is 0 Å². The molecular weight excluding hydrogens is 260 g/mol. The topological polar surface area (TPSA) is 33.2 Å². The monoisotopic (exact) mass is 264 g/mol. The van der Waals surface area contributed by atoms with Crippen LogP contribution < -0.4 is 4.90 Å². The van der Waals surface area contributed by atoms with Crippen molar-refractivity contribution < 1.29 is 4.79 Å². The molecule has 6 heteroatoms. The zero-order chi connectivity index (χ0) is 8.55. The van der Waals surface area contributed by atoms with Crippen LogP contribution in [0.2, 0.25) is 0 Å². The first-order valence-electron chi connectivity index (χ1n) is 3.27. The van der Waals surface area contributed by atoms with Crippen molar-refractivity contribution in [3.05, 3.63) is 9.98 Å². The molecule has 0 radical (unpaired) electrons. The highest BCUT2D eigenvalue weighted by Crippen LogP contribution is 2.30. The number of thioether (sulfide) groups is 1. The minimum atomic E-state index is 0.154. The van der Waals surface area contributed by atoms with Crippen LogP contribution in [0.1, 0.15) is 0 Å². The van der Waals surface area contributed by atoms with Gasteiger partial charge in [-0.05, 0) is 15.9 Å². The summed E-state index contributed by atoms with van der Waals surface area (Å²) in [6, 6.07) is 0. The second-order valence-electron chi connectivity index (χ2n) is 2.25. The summed E-state index contributed by atoms with van der Waals surface area (Å²) in [5.41, 5.74) is 0. The highest BCUT2D eigenvalue weighted by molar-refractivity contribution is 9.11. The van der Waals surface area contributed by atoms with Crippen LogP contribution in [0, 0.1) is 0 Å². The van der Waals surface area contributed by atoms with E-state index in [9.17, 15) is 4.79 Å². The van der Waals surface area contributed by atoms with Gasteiger partial charge in [-0.2, -0.15) is 0 Å². The van der Waals surface area contributed by atoms with Gasteiger partial charge in [0.05, 0.1) is 21.6 Å². The molecule has 0 aliphatic carbocycles. The maximum atomic E-state index is 11.2. The van der Waals surface area contributed by atoms with E-state index in [-0.39, 0.29) is 5.91 Å². The van der Waals surface area contributed by atoms with Crippen LogP contribution >= 0.6 is 39.0 Å². The molecule has 1 fully saturated rings. The lowest BCUT2D eigenvalue weighted by Gasteiger charge is -2.08. The molecule has 0 N–H and O–H groups in total. The maximum absolute atomic E-state index is 11.2. The standard InChI is InChI=1S/C6H5BrN2OS2/c7-4-1-8-6(12-4)9-3-11-2-5(9)10/h1H,2-3H2. The third-order valence-corrected chi connectivity index (χ3v) is 3.83. The molecule has 0 bridgehead atoms. The van der Waals surface area contributed by atoms with Crippen molar-refractivity contribution in [1.82, 2.24) is 4.98 Å². The number of amides is 1. The highest BCUT2D eigenvalue weighted by atomic mass is 79.9. The highest BCUT2D eigenvalue weighted by Gasteiger charge is 2.24. The Morgan fingerprint density at radius 1 is 1.67 bits per heavy atom. The van der Waals surface area contributed by atoms with E-state index in [0.717, 1.165) is 14.8 Å². The molecule has 1 aliphatic heterocycles. The number of nitrogens with zero attached hydrogens (tertiary/aromatic N) is 2. The van der Waals surface area contributed by atoms with Crippen molar-refractivity contribution >= 4 is 50.1 Å². The normalized spacial score (nSPS) is 17.4. The van der Waals surface area contributed by atoms with Gasteiger partial charge in [-0.3, -0.25) is 9.69 Å². The lowest BCUT2D eigenvalue weighted by molar-refractivity contribution is -0.115. The average Bonchev–Trinajstić information content (AvgIpc) is 2.58. The Hall–Kier alpha value is -0.0700. The molecule has 0 aromatic carbocycles. The summed E-state index contributed by atoms with van der Waals surface area (Å²) in [4.78, 5) is 17.1. The number of carbonyl (C=O) groups excluding carboxylic acids is 1. The molecular formula is C6H5BrN2OS2. The van der Waals surface area contributed by atoms with Crippen LogP contribution in [0.15, 0.2) is 9.98 Å². The van der Waals surface area contributed by atoms with Crippen LogP contribution in [0.25, 0.3) is 0 Å². The van der Waals surface area contributed by atoms with Gasteiger partial charge in [0.2, 0.25) is 5.91 Å². The van der Waals surface area contributed by atoms with Crippen molar-refractivity contribution in [3.8, 4) is 0 Å². The van der Waals surface area contributed by atoms with E-state index in [1.54, 1.807) is 22.9 Å². The predicted molar refractivity (Wildman–Crippen MR) is 54.6 cm³/mol. The van der Waals surface area contributed by atoms with Gasteiger partial charge in [-0.25, -0.2) is 4.98 Å². The Bertz CT molecular complexity index is 314. The van der Waals surface area contributed by atoms with Gasteiger partial charge in [-0.1, -0.05) is 11.3 Å². The molecule has 0 saturated carbocycles. The molecule has 1 aliphatic rings. The molecule has 1 saturated heterocycles. The van der Waals surface area contributed by atoms with E-state index >= 15 is 0 Å². The lowest BCUT2D eigenvalue weighted by atomic mass is 10.6. The van der Waals surface area contributed by atoms with Crippen LogP contribution in [-0.4, -0.2) is 22.5 Å². The molecule has 2 rings (SSSR count). The van der Waals surface area contributed by atoms with Crippen molar-refractivity contribution in [1.29, 1.82) is 0 Å². The van der Waals surface area contributed by atoms with Gasteiger partial charge in [0.1, 0.15) is 0 Å². The Morgan fingerprint density at radius 2 is 2.50 bits per heavy atom. The Morgan fingerprint density at radius 3 is 3.00 bits per heavy atom. The second kappa shape index (κ2) is 3.35. The SMILES string of the molecule is O=C1CSCN1c1ncc(Br)s1. The third-order valence-electron chi connectivity index (χ3n) is 1.44. The Labute approximate surface area is 86.3 Å². The molecule has 3 nitrogen and oxygen atoms in total. The largest absolute Gasteiger partial charge is 0.277 e. The van der Waals surface area contributed by atoms with Gasteiger partial charge in [0.25, 0.3) is 0 Å². The molecule has 0 unspecified atom stereocenters. The Kier molecular flexibility index (Phi) is 2.38. The van der Waals surface area contributed by atoms with Gasteiger partial charge in [0, 0.05) is 0 Å². The van der Waals surface area contributed by atoms with Gasteiger partial charge >= 0.3 is 0 Å². The summed E-state index contributed by atoms with van der Waals surface area (Å²) >= 11 is 6.42. The summed E-state index contributed by atoms with van der Waals surface area (Å²) < 4.78 is 0.960. The summed E-state index contributed by atoms with van der Waals surface area (Å²) in [5, 5.41) is 0.789. The number of carbonyl (C=O) groups is 1. The minimum absolute atomic E-state index is 0.154. The van der Waals surface area contributed by atoms with Gasteiger partial charge < -0.3 is 0 Å². The molecule has 1 aromatic rings. The minimum Gasteiger partial charge on any atom is -0.277 e. The fourth-order valence-electron chi connectivity index (χ4n) is 0.907. The zero-order valence-electron chi connectivity index (χ0n) is 5.99. The summed E-state index contributed by atoms with van der Waals surface area (Å²) in [6.45, 7) is 0. The second-order valence-corrected chi connectivity index (χ2v) is 5.59. The van der Waals surface area contributed by atoms with E-state index in [1.165, 1.54) is 11.3 Å². The number of thiazole rings is 1. The van der Waals surface area contributed by atoms with Crippen molar-refractivity contribution in [2.75, 3.05) is 16.5 Å². The van der Waals surface area contributed by atoms with Crippen LogP contribution in [0.5, 0.6) is 0 Å². The summed E-state index contributed by atoms with van der Waals surface area (Å²) in [5.74, 6) is 1.47. The first kappa shape index (κ1) is 8.52. The number of halogens is 1. The molecule has 12 heavy (non-hydrogen) atoms. The molecule has 1 aromatic heterocycles. The van der Waals surface area contributed by atoms with Crippen LogP contribution in [0.4, 0.5) is 5.13 Å². The summed E-state index contributed by atoms with van der Waals surface area (Å²) in [6.07, 6.45) is 1.72. The zero-order valence-corrected chi connectivity index (χ0v) is 9.21. The van der Waals surface area contributed by atoms with E-state index in [1.807, 2.05) is 0 Å². The smallest absolute Gasteiger partial charge is 0.239 e. The number of anilines is 1. The molecule has 1 amide bonds. The average molecular weight is 265 g/mol. The summed E-state index contributed by atoms with van der Waals surface area (Å²) in [7, 11) is 0. The maximum Gasteiger partial charge on any atom is 0.239 e. The van der Waals surface area contributed by atoms with E-state index < -0.39 is 0 Å². The molecule has 64 valence electrons. The lowest BCUT2D eigenvalue weighted by Crippen LogP contribution is -2.24. The fraction of sp³-hybridized carbons (Fsp3) is 0.333. The first-order chi connectivity index (χ1) is 5.77. The van der Waals surface area contributed by atoms with Crippen LogP contribution in [-0.2, 0) is 4.79 Å². The van der Waals surface area contributed by atoms with Crippen molar-refractivity contribution in [3.63, 3.8) is 0 Å². The number of aromatic nitrogens is 1. The van der Waals surface area contributed by atoms with Gasteiger partial charge in [0.15, 0.2) is 5.13 Å².